The van der Waals surface area contributed by atoms with Gasteiger partial charge in [0.25, 0.3) is 0 Å². The second kappa shape index (κ2) is 9.45. The molecule has 10 heteroatoms. The molecule has 0 aliphatic heterocycles. The number of aromatic nitrogens is 3. The molecule has 4 rings (SSSR count). The van der Waals surface area contributed by atoms with E-state index in [-0.39, 0.29) is 16.6 Å². The lowest BCUT2D eigenvalue weighted by molar-refractivity contribution is 0.0687. The Balaban J connectivity index is 1.53. The van der Waals surface area contributed by atoms with Gasteiger partial charge in [-0.05, 0) is 44.2 Å². The van der Waals surface area contributed by atoms with Crippen LogP contribution in [0.25, 0.3) is 21.6 Å². The van der Waals surface area contributed by atoms with Gasteiger partial charge in [0, 0.05) is 36.1 Å². The molecule has 0 radical (unpaired) electrons. The van der Waals surface area contributed by atoms with Crippen molar-refractivity contribution in [2.75, 3.05) is 25.6 Å². The summed E-state index contributed by atoms with van der Waals surface area (Å²) < 4.78 is 27.2. The number of hydrogen-bond donors (Lipinski definition) is 2. The van der Waals surface area contributed by atoms with Gasteiger partial charge in [0.05, 0.1) is 19.2 Å². The smallest absolute Gasteiger partial charge is 0.359 e. The lowest BCUT2D eigenvalue weighted by Crippen LogP contribution is -2.12. The summed E-state index contributed by atoms with van der Waals surface area (Å²) in [6, 6.07) is 8.56. The van der Waals surface area contributed by atoms with Gasteiger partial charge in [-0.2, -0.15) is 0 Å². The summed E-state index contributed by atoms with van der Waals surface area (Å²) >= 11 is 1.14. The second-order valence-electron chi connectivity index (χ2n) is 7.20. The number of hydrogen-bond acceptors (Lipinski definition) is 7. The van der Waals surface area contributed by atoms with Crippen LogP contribution in [0.1, 0.15) is 23.1 Å². The number of halogens is 1. The van der Waals surface area contributed by atoms with E-state index in [9.17, 15) is 14.3 Å². The first-order valence-electron chi connectivity index (χ1n) is 10.3. The molecule has 3 heterocycles. The zero-order valence-electron chi connectivity index (χ0n) is 18.4. The van der Waals surface area contributed by atoms with Crippen LogP contribution in [-0.4, -0.2) is 45.9 Å². The Hall–Kier alpha value is -3.66. The molecule has 2 N–H and O–H groups in total. The lowest BCUT2D eigenvalue weighted by atomic mass is 10.2. The second-order valence-corrected chi connectivity index (χ2v) is 8.16. The molecule has 0 aliphatic rings. The highest BCUT2D eigenvalue weighted by atomic mass is 32.1. The molecule has 1 aromatic carbocycles. The third kappa shape index (κ3) is 4.47. The van der Waals surface area contributed by atoms with Crippen molar-refractivity contribution in [3.63, 3.8) is 0 Å². The van der Waals surface area contributed by atoms with E-state index in [1.807, 2.05) is 23.6 Å². The van der Waals surface area contributed by atoms with Gasteiger partial charge in [-0.25, -0.2) is 14.2 Å². The molecule has 172 valence electrons. The molecular weight excluding hydrogens is 447 g/mol. The molecule has 0 saturated heterocycles. The number of nitrogens with zero attached hydrogens (tertiary/aromatic N) is 3. The van der Waals surface area contributed by atoms with Gasteiger partial charge in [0.2, 0.25) is 10.8 Å². The van der Waals surface area contributed by atoms with Gasteiger partial charge >= 0.3 is 5.97 Å². The molecule has 0 bridgehead atoms. The first-order valence-corrected chi connectivity index (χ1v) is 11.1. The summed E-state index contributed by atoms with van der Waals surface area (Å²) in [5.41, 5.74) is 2.65. The van der Waals surface area contributed by atoms with E-state index in [1.54, 1.807) is 32.4 Å². The van der Waals surface area contributed by atoms with Crippen molar-refractivity contribution in [1.82, 2.24) is 14.5 Å². The third-order valence-electron chi connectivity index (χ3n) is 5.11. The lowest BCUT2D eigenvalue weighted by Gasteiger charge is -2.12. The molecule has 0 amide bonds. The molecule has 0 atom stereocenters. The molecule has 0 unspecified atom stereocenters. The Bertz CT molecular complexity index is 1320. The Morgan fingerprint density at radius 2 is 2.12 bits per heavy atom. The van der Waals surface area contributed by atoms with Gasteiger partial charge in [0.1, 0.15) is 22.3 Å². The number of anilines is 1. The minimum atomic E-state index is -1.14. The fourth-order valence-electron chi connectivity index (χ4n) is 3.66. The van der Waals surface area contributed by atoms with Crippen LogP contribution in [0.4, 0.5) is 10.1 Å². The molecule has 0 spiro atoms. The van der Waals surface area contributed by atoms with E-state index in [2.05, 4.69) is 15.3 Å². The van der Waals surface area contributed by atoms with E-state index in [4.69, 9.17) is 9.47 Å². The largest absolute Gasteiger partial charge is 0.496 e. The number of pyridine rings is 1. The maximum atomic E-state index is 14.6. The van der Waals surface area contributed by atoms with Crippen LogP contribution in [0.5, 0.6) is 10.8 Å². The highest BCUT2D eigenvalue weighted by Crippen LogP contribution is 2.34. The number of ether oxygens (including phenoxy) is 2. The summed E-state index contributed by atoms with van der Waals surface area (Å²) in [7, 11) is 1.57. The number of benzene rings is 1. The Labute approximate surface area is 193 Å². The van der Waals surface area contributed by atoms with Crippen molar-refractivity contribution in [2.24, 2.45) is 0 Å². The van der Waals surface area contributed by atoms with Gasteiger partial charge in [-0.1, -0.05) is 11.3 Å². The van der Waals surface area contributed by atoms with Crippen LogP contribution in [0.15, 0.2) is 36.5 Å². The number of nitrogens with one attached hydrogen (secondary N) is 1. The topological polar surface area (TPSA) is 98.5 Å². The number of carboxylic acids is 1. The summed E-state index contributed by atoms with van der Waals surface area (Å²) in [5, 5.41) is 14.1. The van der Waals surface area contributed by atoms with Crippen LogP contribution in [-0.2, 0) is 6.54 Å². The van der Waals surface area contributed by atoms with Gasteiger partial charge in [-0.15, -0.1) is 0 Å². The van der Waals surface area contributed by atoms with Gasteiger partial charge in [0.15, 0.2) is 0 Å². The van der Waals surface area contributed by atoms with Crippen LogP contribution in [0.3, 0.4) is 0 Å². The fraction of sp³-hybridized carbons (Fsp3) is 0.261. The maximum absolute atomic E-state index is 14.6. The van der Waals surface area contributed by atoms with Crippen molar-refractivity contribution in [1.29, 1.82) is 0 Å². The monoisotopic (exact) mass is 470 g/mol. The Morgan fingerprint density at radius 3 is 2.85 bits per heavy atom. The zero-order valence-corrected chi connectivity index (χ0v) is 19.2. The van der Waals surface area contributed by atoms with Crippen LogP contribution in [0.2, 0.25) is 0 Å². The van der Waals surface area contributed by atoms with E-state index >= 15 is 0 Å². The van der Waals surface area contributed by atoms with Crippen LogP contribution in [0, 0.1) is 12.7 Å². The van der Waals surface area contributed by atoms with Gasteiger partial charge < -0.3 is 24.5 Å². The summed E-state index contributed by atoms with van der Waals surface area (Å²) in [6.07, 6.45) is 1.63. The standard InChI is InChI=1S/C23H23FN4O4S/c1-4-32-23-19(22(29)30)27-21(33-23)17-12-14(7-8-26-17)25-9-10-28-13(2)11-15-18(31-3)6-5-16(24)20(15)28/h5-8,11-12H,4,9-10H2,1-3H3,(H,25,26)(H,29,30). The first-order chi connectivity index (χ1) is 15.9. The molecular formula is C23H23FN4O4S. The van der Waals surface area contributed by atoms with E-state index in [0.29, 0.717) is 41.7 Å². The normalized spacial score (nSPS) is 11.0. The van der Waals surface area contributed by atoms with Crippen molar-refractivity contribution in [3.05, 3.63) is 53.7 Å². The molecule has 0 saturated carbocycles. The number of thiazole rings is 1. The number of carboxylic acid groups (broad SMARTS) is 1. The SMILES string of the molecule is CCOc1sc(-c2cc(NCCn3c(C)cc4c(OC)ccc(F)c43)ccn2)nc1C(=O)O. The summed E-state index contributed by atoms with van der Waals surface area (Å²) in [5.74, 6) is -0.808. The number of rotatable bonds is 9. The van der Waals surface area contributed by atoms with Crippen molar-refractivity contribution in [2.45, 2.75) is 20.4 Å². The predicted molar refractivity (Wildman–Crippen MR) is 125 cm³/mol. The number of aromatic carboxylic acids is 1. The average molecular weight is 471 g/mol. The highest BCUT2D eigenvalue weighted by Gasteiger charge is 2.20. The summed E-state index contributed by atoms with van der Waals surface area (Å²) in [6.45, 7) is 5.13. The van der Waals surface area contributed by atoms with E-state index < -0.39 is 5.97 Å². The average Bonchev–Trinajstić information content (AvgIpc) is 3.37. The van der Waals surface area contributed by atoms with Crippen molar-refractivity contribution < 1.29 is 23.8 Å². The minimum absolute atomic E-state index is 0.121. The maximum Gasteiger partial charge on any atom is 0.359 e. The van der Waals surface area contributed by atoms with E-state index in [0.717, 1.165) is 28.1 Å². The number of carbonyl (C=O) groups is 1. The number of aryl methyl sites for hydroxylation is 1. The minimum Gasteiger partial charge on any atom is -0.496 e. The third-order valence-corrected chi connectivity index (χ3v) is 6.10. The molecule has 4 aromatic rings. The number of fused-ring (bicyclic) bond motifs is 1. The quantitative estimate of drug-likeness (QED) is 0.362. The molecule has 0 fully saturated rings. The van der Waals surface area contributed by atoms with Crippen molar-refractivity contribution >= 4 is 33.9 Å². The predicted octanol–water partition coefficient (Wildman–Crippen LogP) is 4.82. The Kier molecular flexibility index (Phi) is 6.45. The van der Waals surface area contributed by atoms with Gasteiger partial charge in [-0.3, -0.25) is 4.98 Å². The summed E-state index contributed by atoms with van der Waals surface area (Å²) in [4.78, 5) is 19.9. The molecule has 8 nitrogen and oxygen atoms in total. The first kappa shape index (κ1) is 22.5. The fourth-order valence-corrected chi connectivity index (χ4v) is 4.59. The zero-order chi connectivity index (χ0) is 23.5. The van der Waals surface area contributed by atoms with Crippen LogP contribution >= 0.6 is 11.3 Å². The molecule has 0 aliphatic carbocycles. The highest BCUT2D eigenvalue weighted by molar-refractivity contribution is 7.17. The van der Waals surface area contributed by atoms with Crippen molar-refractivity contribution in [3.8, 4) is 21.5 Å². The number of methoxy groups -OCH3 is 1. The van der Waals surface area contributed by atoms with Crippen LogP contribution < -0.4 is 14.8 Å². The Morgan fingerprint density at radius 1 is 1.30 bits per heavy atom. The molecule has 33 heavy (non-hydrogen) atoms. The van der Waals surface area contributed by atoms with E-state index in [1.165, 1.54) is 6.07 Å². The molecule has 3 aromatic heterocycles.